The summed E-state index contributed by atoms with van der Waals surface area (Å²) in [6.07, 6.45) is 10.6. The standard InChI is InChI=1S/C29H32N2O5S5/c1-19-12-20(15-28-30(2)24-18-23(40(4)32)7-9-26(24)37-28)14-21(13-19)16-29-31(10-5-11-41(33,34)35)25-17-22(39-36-3)6-8-27(25)38-29/h6-9,14-19H,5,10-13H2,1-4H3. The van der Waals surface area contributed by atoms with Crippen molar-refractivity contribution >= 4 is 78.0 Å². The van der Waals surface area contributed by atoms with Crippen LogP contribution in [0.4, 0.5) is 5.69 Å². The summed E-state index contributed by atoms with van der Waals surface area (Å²) < 4.78 is 54.5. The molecule has 1 aliphatic carbocycles. The van der Waals surface area contributed by atoms with Crippen LogP contribution in [-0.4, -0.2) is 42.8 Å². The second-order valence-corrected chi connectivity index (χ2v) is 16.3. The van der Waals surface area contributed by atoms with Crippen molar-refractivity contribution < 1.29 is 25.9 Å². The Balaban J connectivity index is 1.47. The predicted octanol–water partition coefficient (Wildman–Crippen LogP) is 6.25. The molecule has 41 heavy (non-hydrogen) atoms. The number of anilines is 1. The molecule has 0 bridgehead atoms. The quantitative estimate of drug-likeness (QED) is 0.153. The van der Waals surface area contributed by atoms with Crippen molar-refractivity contribution in [3.8, 4) is 0 Å². The van der Waals surface area contributed by atoms with Crippen LogP contribution < -0.4 is 9.47 Å². The molecular weight excluding hydrogens is 617 g/mol. The molecule has 0 spiro atoms. The highest BCUT2D eigenvalue weighted by Gasteiger charge is 2.27. The first kappa shape index (κ1) is 30.5. The third-order valence-electron chi connectivity index (χ3n) is 6.98. The van der Waals surface area contributed by atoms with Gasteiger partial charge < -0.3 is 13.6 Å². The Kier molecular flexibility index (Phi) is 9.49. The Bertz CT molecular complexity index is 1710. The molecule has 7 nitrogen and oxygen atoms in total. The largest absolute Gasteiger partial charge is 0.748 e. The van der Waals surface area contributed by atoms with Crippen LogP contribution >= 0.6 is 35.1 Å². The zero-order valence-electron chi connectivity index (χ0n) is 23.3. The maximum Gasteiger partial charge on any atom is 0.262 e. The lowest BCUT2D eigenvalue weighted by Crippen LogP contribution is -2.29. The number of benzene rings is 2. The summed E-state index contributed by atoms with van der Waals surface area (Å²) in [6, 6.07) is 12.1. The van der Waals surface area contributed by atoms with Crippen LogP contribution in [0.1, 0.15) is 31.2 Å². The minimum atomic E-state index is -4.28. The van der Waals surface area contributed by atoms with Crippen molar-refractivity contribution in [3.05, 3.63) is 69.7 Å². The third kappa shape index (κ3) is 7.35. The molecule has 0 radical (unpaired) electrons. The minimum absolute atomic E-state index is 0.251. The van der Waals surface area contributed by atoms with Gasteiger partial charge in [-0.3, -0.25) is 4.21 Å². The fourth-order valence-corrected chi connectivity index (χ4v) is 8.92. The van der Waals surface area contributed by atoms with Crippen LogP contribution in [0.15, 0.2) is 79.4 Å². The Hall–Kier alpha value is -1.93. The highest BCUT2D eigenvalue weighted by atomic mass is 32.2. The summed E-state index contributed by atoms with van der Waals surface area (Å²) in [7, 11) is -1.63. The van der Waals surface area contributed by atoms with Crippen LogP contribution in [0.5, 0.6) is 0 Å². The molecule has 2 aliphatic rings. The summed E-state index contributed by atoms with van der Waals surface area (Å²) in [5.41, 5.74) is 4.54. The van der Waals surface area contributed by atoms with Crippen molar-refractivity contribution in [2.24, 2.45) is 13.0 Å². The van der Waals surface area contributed by atoms with E-state index in [1.54, 1.807) is 36.5 Å². The lowest BCUT2D eigenvalue weighted by atomic mass is 9.87. The number of hydrogen-bond donors (Lipinski definition) is 0. The number of allylic oxidation sites excluding steroid dienone is 4. The smallest absolute Gasteiger partial charge is 0.262 e. The number of hydrogen-bond acceptors (Lipinski definition) is 9. The molecule has 2 heterocycles. The highest BCUT2D eigenvalue weighted by Crippen LogP contribution is 2.48. The predicted molar refractivity (Wildman–Crippen MR) is 170 cm³/mol. The average Bonchev–Trinajstić information content (AvgIpc) is 3.39. The Morgan fingerprint density at radius 2 is 2.02 bits per heavy atom. The maximum atomic E-state index is 12.0. The molecule has 2 unspecified atom stereocenters. The summed E-state index contributed by atoms with van der Waals surface area (Å²) in [5, 5.41) is 2.16. The molecule has 3 aromatic rings. The fraction of sp³-hybridized carbons (Fsp3) is 0.345. The van der Waals surface area contributed by atoms with Gasteiger partial charge >= 0.3 is 0 Å². The van der Waals surface area contributed by atoms with Gasteiger partial charge in [-0.05, 0) is 72.7 Å². The number of rotatable bonds is 9. The molecule has 0 fully saturated rings. The average molecular weight is 649 g/mol. The van der Waals surface area contributed by atoms with E-state index < -0.39 is 26.7 Å². The fourth-order valence-electron chi connectivity index (χ4n) is 5.17. The van der Waals surface area contributed by atoms with E-state index in [0.29, 0.717) is 12.5 Å². The van der Waals surface area contributed by atoms with Gasteiger partial charge in [0.25, 0.3) is 5.01 Å². The normalized spacial score (nSPS) is 20.2. The van der Waals surface area contributed by atoms with Crippen molar-refractivity contribution in [3.63, 3.8) is 0 Å². The number of nitrogens with zero attached hydrogens (tertiary/aromatic N) is 2. The van der Waals surface area contributed by atoms with E-state index in [9.17, 15) is 17.2 Å². The lowest BCUT2D eigenvalue weighted by Gasteiger charge is -2.24. The molecule has 0 amide bonds. The van der Waals surface area contributed by atoms with Gasteiger partial charge in [0.2, 0.25) is 5.52 Å². The van der Waals surface area contributed by atoms with E-state index in [1.165, 1.54) is 23.2 Å². The zero-order chi connectivity index (χ0) is 29.3. The Labute approximate surface area is 256 Å². The van der Waals surface area contributed by atoms with Gasteiger partial charge in [0.1, 0.15) is 11.7 Å². The van der Waals surface area contributed by atoms with Crippen LogP contribution in [0.2, 0.25) is 0 Å². The number of aryl methyl sites for hydroxylation is 1. The molecule has 1 aliphatic heterocycles. The summed E-state index contributed by atoms with van der Waals surface area (Å²) in [6.45, 7) is 2.69. The molecule has 218 valence electrons. The first-order chi connectivity index (χ1) is 19.5. The third-order valence-corrected chi connectivity index (χ3v) is 11.6. The highest BCUT2D eigenvalue weighted by molar-refractivity contribution is 8.03. The van der Waals surface area contributed by atoms with Gasteiger partial charge in [-0.2, -0.15) is 4.57 Å². The number of thioether (sulfide) groups is 1. The SMILES string of the molecule is COSc1ccc2c(c1)N(CCCS(=O)(=O)[O-])/C(=C/C1=CC(=C/c3sc4ccc(S(C)=O)cc4[n+]3C)/CC(C)C1)S2. The Morgan fingerprint density at radius 3 is 2.76 bits per heavy atom. The van der Waals surface area contributed by atoms with Gasteiger partial charge in [-0.1, -0.05) is 36.1 Å². The molecular formula is C29H32N2O5S5. The van der Waals surface area contributed by atoms with Crippen LogP contribution in [0, 0.1) is 5.92 Å². The zero-order valence-corrected chi connectivity index (χ0v) is 27.4. The molecule has 1 aromatic heterocycles. The van der Waals surface area contributed by atoms with Crippen LogP contribution in [0.3, 0.4) is 0 Å². The van der Waals surface area contributed by atoms with E-state index >= 15 is 0 Å². The van der Waals surface area contributed by atoms with E-state index in [4.69, 9.17) is 4.18 Å². The molecule has 12 heteroatoms. The second kappa shape index (κ2) is 12.7. The van der Waals surface area contributed by atoms with E-state index in [1.807, 2.05) is 30.3 Å². The molecule has 0 N–H and O–H groups in total. The number of thiazole rings is 1. The molecule has 0 saturated carbocycles. The Morgan fingerprint density at radius 1 is 1.22 bits per heavy atom. The number of aromatic nitrogens is 1. The van der Waals surface area contributed by atoms with Crippen molar-refractivity contribution in [1.29, 1.82) is 0 Å². The van der Waals surface area contributed by atoms with Crippen molar-refractivity contribution in [2.45, 2.75) is 40.9 Å². The van der Waals surface area contributed by atoms with Gasteiger partial charge in [0.05, 0.1) is 38.7 Å². The summed E-state index contributed by atoms with van der Waals surface area (Å²) in [5.74, 6) is 0.0713. The molecule has 2 aromatic carbocycles. The molecule has 5 rings (SSSR count). The molecule has 2 atom stereocenters. The number of fused-ring (bicyclic) bond motifs is 2. The van der Waals surface area contributed by atoms with Gasteiger partial charge in [0, 0.05) is 57.4 Å². The minimum Gasteiger partial charge on any atom is -0.748 e. The van der Waals surface area contributed by atoms with E-state index in [-0.39, 0.29) is 6.42 Å². The lowest BCUT2D eigenvalue weighted by molar-refractivity contribution is -0.642. The van der Waals surface area contributed by atoms with Gasteiger partial charge in [-0.15, -0.1) is 0 Å². The van der Waals surface area contributed by atoms with Gasteiger partial charge in [-0.25, -0.2) is 8.42 Å². The van der Waals surface area contributed by atoms with E-state index in [0.717, 1.165) is 53.5 Å². The first-order valence-electron chi connectivity index (χ1n) is 13.1. The summed E-state index contributed by atoms with van der Waals surface area (Å²) >= 11 is 4.66. The van der Waals surface area contributed by atoms with Gasteiger partial charge in [0.15, 0.2) is 0 Å². The van der Waals surface area contributed by atoms with Crippen molar-refractivity contribution in [1.82, 2.24) is 0 Å². The monoisotopic (exact) mass is 648 g/mol. The second-order valence-electron chi connectivity index (χ2n) is 10.3. The van der Waals surface area contributed by atoms with Crippen LogP contribution in [-0.2, 0) is 32.1 Å². The maximum absolute atomic E-state index is 12.0. The summed E-state index contributed by atoms with van der Waals surface area (Å²) in [4.78, 5) is 4.99. The van der Waals surface area contributed by atoms with Crippen molar-refractivity contribution in [2.75, 3.05) is 30.6 Å². The van der Waals surface area contributed by atoms with Crippen LogP contribution in [0.25, 0.3) is 16.3 Å². The van der Waals surface area contributed by atoms with E-state index in [2.05, 4.69) is 47.7 Å². The molecule has 0 saturated heterocycles. The first-order valence-corrected chi connectivity index (χ1v) is 18.6. The topological polar surface area (TPSA) is 90.6 Å².